The number of pyridine rings is 1. The summed E-state index contributed by atoms with van der Waals surface area (Å²) < 4.78 is 5.38. The molecule has 3 heterocycles. The fraction of sp³-hybridized carbons (Fsp3) is 0.370. The molecule has 0 radical (unpaired) electrons. The molecule has 36 heavy (non-hydrogen) atoms. The van der Waals surface area contributed by atoms with E-state index in [2.05, 4.69) is 31.2 Å². The third-order valence-electron chi connectivity index (χ3n) is 6.27. The molecular formula is C27H31N7O2. The number of morpholine rings is 1. The molecule has 186 valence electrons. The van der Waals surface area contributed by atoms with Crippen molar-refractivity contribution in [3.05, 3.63) is 47.8 Å². The Kier molecular flexibility index (Phi) is 8.21. The minimum Gasteiger partial charge on any atom is -0.379 e. The van der Waals surface area contributed by atoms with Crippen LogP contribution in [0.1, 0.15) is 30.9 Å². The second-order valence-electron chi connectivity index (χ2n) is 9.09. The van der Waals surface area contributed by atoms with E-state index < -0.39 is 0 Å². The molecule has 3 N–H and O–H groups in total. The molecule has 1 aliphatic rings. The standard InChI is InChI=1S/C27H31N7O2/c1-18(2)27(35)33-25-4-3-19(11-20(25)13-28)24-17-32-26-23(24)12-21(16-31-26)22(14-29)15-30-5-6-34-7-9-36-10-8-34/h3-4,11-12,14-18,22,29H,5-10H2,1-2H3,(H,31,32)(H,33,35). The first-order chi connectivity index (χ1) is 17.5. The van der Waals surface area contributed by atoms with Crippen LogP contribution in [0.2, 0.25) is 0 Å². The summed E-state index contributed by atoms with van der Waals surface area (Å²) in [5, 5.41) is 21.3. The molecular weight excluding hydrogens is 454 g/mol. The predicted molar refractivity (Wildman–Crippen MR) is 142 cm³/mol. The zero-order valence-electron chi connectivity index (χ0n) is 20.6. The molecule has 0 aliphatic carbocycles. The summed E-state index contributed by atoms with van der Waals surface area (Å²) in [5.41, 5.74) is 4.21. The fourth-order valence-corrected chi connectivity index (χ4v) is 4.07. The van der Waals surface area contributed by atoms with Crippen molar-refractivity contribution in [3.63, 3.8) is 0 Å². The summed E-state index contributed by atoms with van der Waals surface area (Å²) in [7, 11) is 0. The number of amides is 1. The van der Waals surface area contributed by atoms with Gasteiger partial charge in [-0.25, -0.2) is 4.98 Å². The Bertz CT molecular complexity index is 1300. The van der Waals surface area contributed by atoms with Crippen LogP contribution in [0.5, 0.6) is 0 Å². The van der Waals surface area contributed by atoms with Crippen molar-refractivity contribution in [1.29, 1.82) is 10.7 Å². The highest BCUT2D eigenvalue weighted by molar-refractivity contribution is 5.98. The van der Waals surface area contributed by atoms with E-state index in [4.69, 9.17) is 10.1 Å². The molecule has 1 amide bonds. The molecule has 1 saturated heterocycles. The van der Waals surface area contributed by atoms with Gasteiger partial charge in [0, 0.05) is 61.3 Å². The summed E-state index contributed by atoms with van der Waals surface area (Å²) in [5.74, 6) is -0.596. The molecule has 4 rings (SSSR count). The van der Waals surface area contributed by atoms with E-state index >= 15 is 0 Å². The normalized spacial score (nSPS) is 15.3. The Morgan fingerprint density at radius 1 is 1.36 bits per heavy atom. The van der Waals surface area contributed by atoms with Crippen LogP contribution in [0, 0.1) is 22.7 Å². The molecule has 0 bridgehead atoms. The molecule has 0 spiro atoms. The first-order valence-corrected chi connectivity index (χ1v) is 12.1. The fourth-order valence-electron chi connectivity index (χ4n) is 4.07. The number of nitrogens with one attached hydrogen (secondary N) is 3. The van der Waals surface area contributed by atoms with Gasteiger partial charge in [0.2, 0.25) is 5.91 Å². The summed E-state index contributed by atoms with van der Waals surface area (Å²) in [4.78, 5) is 26.7. The monoisotopic (exact) mass is 485 g/mol. The van der Waals surface area contributed by atoms with E-state index in [9.17, 15) is 10.1 Å². The topological polar surface area (TPSA) is 130 Å². The highest BCUT2D eigenvalue weighted by Gasteiger charge is 2.15. The van der Waals surface area contributed by atoms with Gasteiger partial charge in [0.25, 0.3) is 0 Å². The number of benzene rings is 1. The zero-order chi connectivity index (χ0) is 25.5. The van der Waals surface area contributed by atoms with Crippen molar-refractivity contribution >= 4 is 35.1 Å². The van der Waals surface area contributed by atoms with Crippen molar-refractivity contribution < 1.29 is 9.53 Å². The minimum absolute atomic E-state index is 0.135. The van der Waals surface area contributed by atoms with Gasteiger partial charge < -0.3 is 20.4 Å². The number of aliphatic imine (C=N–C) groups is 1. The van der Waals surface area contributed by atoms with E-state index in [1.165, 1.54) is 6.21 Å². The van der Waals surface area contributed by atoms with Crippen LogP contribution in [-0.2, 0) is 9.53 Å². The van der Waals surface area contributed by atoms with Gasteiger partial charge in [0.1, 0.15) is 11.7 Å². The molecule has 1 unspecified atom stereocenters. The van der Waals surface area contributed by atoms with Crippen LogP contribution < -0.4 is 5.32 Å². The van der Waals surface area contributed by atoms with Crippen LogP contribution in [-0.4, -0.2) is 72.6 Å². The zero-order valence-corrected chi connectivity index (χ0v) is 20.6. The van der Waals surface area contributed by atoms with Gasteiger partial charge in [0.15, 0.2) is 0 Å². The number of ether oxygens (including phenoxy) is 1. The summed E-state index contributed by atoms with van der Waals surface area (Å²) in [6.07, 6.45) is 6.80. The number of fused-ring (bicyclic) bond motifs is 1. The molecule has 1 aromatic carbocycles. The van der Waals surface area contributed by atoms with Gasteiger partial charge in [-0.15, -0.1) is 0 Å². The molecule has 9 heteroatoms. The van der Waals surface area contributed by atoms with Gasteiger partial charge >= 0.3 is 0 Å². The number of nitriles is 1. The number of aromatic amines is 1. The van der Waals surface area contributed by atoms with E-state index in [0.717, 1.165) is 60.6 Å². The number of H-pyrrole nitrogens is 1. The molecule has 2 aromatic heterocycles. The van der Waals surface area contributed by atoms with Crippen molar-refractivity contribution in [2.75, 3.05) is 44.7 Å². The van der Waals surface area contributed by atoms with Gasteiger partial charge in [-0.2, -0.15) is 5.26 Å². The number of hydrogen-bond acceptors (Lipinski definition) is 7. The van der Waals surface area contributed by atoms with Crippen molar-refractivity contribution in [1.82, 2.24) is 14.9 Å². The minimum atomic E-state index is -0.280. The molecule has 1 aliphatic heterocycles. The van der Waals surface area contributed by atoms with Crippen LogP contribution in [0.3, 0.4) is 0 Å². The summed E-state index contributed by atoms with van der Waals surface area (Å²) in [6.45, 7) is 8.55. The van der Waals surface area contributed by atoms with E-state index in [0.29, 0.717) is 17.8 Å². The Morgan fingerprint density at radius 2 is 2.17 bits per heavy atom. The van der Waals surface area contributed by atoms with E-state index in [-0.39, 0.29) is 17.7 Å². The van der Waals surface area contributed by atoms with Crippen LogP contribution in [0.25, 0.3) is 22.2 Å². The quantitative estimate of drug-likeness (QED) is 0.397. The van der Waals surface area contributed by atoms with Gasteiger partial charge in [-0.3, -0.25) is 14.7 Å². The van der Waals surface area contributed by atoms with Gasteiger partial charge in [0.05, 0.1) is 36.9 Å². The number of carbonyl (C=O) groups excluding carboxylic acids is 1. The average Bonchev–Trinajstić information content (AvgIpc) is 3.33. The van der Waals surface area contributed by atoms with Crippen LogP contribution >= 0.6 is 0 Å². The van der Waals surface area contributed by atoms with E-state index in [1.54, 1.807) is 18.3 Å². The van der Waals surface area contributed by atoms with Crippen LogP contribution in [0.4, 0.5) is 5.69 Å². The number of carbonyl (C=O) groups is 1. The lowest BCUT2D eigenvalue weighted by atomic mass is 9.98. The lowest BCUT2D eigenvalue weighted by Crippen LogP contribution is -2.37. The Morgan fingerprint density at radius 3 is 2.89 bits per heavy atom. The highest BCUT2D eigenvalue weighted by Crippen LogP contribution is 2.32. The highest BCUT2D eigenvalue weighted by atomic mass is 16.5. The number of hydrogen-bond donors (Lipinski definition) is 3. The summed E-state index contributed by atoms with van der Waals surface area (Å²) >= 11 is 0. The maximum Gasteiger partial charge on any atom is 0.226 e. The van der Waals surface area contributed by atoms with Gasteiger partial charge in [-0.05, 0) is 29.3 Å². The first kappa shape index (κ1) is 25.2. The predicted octanol–water partition coefficient (Wildman–Crippen LogP) is 3.83. The maximum atomic E-state index is 12.1. The van der Waals surface area contributed by atoms with Crippen molar-refractivity contribution in [3.8, 4) is 17.2 Å². The Hall–Kier alpha value is -3.87. The molecule has 9 nitrogen and oxygen atoms in total. The molecule has 3 aromatic rings. The third-order valence-corrected chi connectivity index (χ3v) is 6.27. The van der Waals surface area contributed by atoms with Crippen molar-refractivity contribution in [2.24, 2.45) is 10.9 Å². The van der Waals surface area contributed by atoms with Crippen LogP contribution in [0.15, 0.2) is 41.7 Å². The Labute approximate surface area is 210 Å². The third kappa shape index (κ3) is 5.85. The van der Waals surface area contributed by atoms with E-state index in [1.807, 2.05) is 38.4 Å². The molecule has 1 atom stereocenters. The number of nitrogens with zero attached hydrogens (tertiary/aromatic N) is 4. The second kappa shape index (κ2) is 11.7. The second-order valence-corrected chi connectivity index (χ2v) is 9.09. The number of anilines is 1. The first-order valence-electron chi connectivity index (χ1n) is 12.1. The maximum absolute atomic E-state index is 12.1. The molecule has 1 fully saturated rings. The lowest BCUT2D eigenvalue weighted by Gasteiger charge is -2.25. The Balaban J connectivity index is 1.55. The number of aromatic nitrogens is 2. The molecule has 0 saturated carbocycles. The van der Waals surface area contributed by atoms with Crippen molar-refractivity contribution in [2.45, 2.75) is 19.8 Å². The average molecular weight is 486 g/mol. The summed E-state index contributed by atoms with van der Waals surface area (Å²) in [6, 6.07) is 9.60. The SMILES string of the molecule is CC(C)C(=O)Nc1ccc(-c2c[nH]c3ncc(C(C=N)C=NCCN4CCOCC4)cc23)cc1C#N. The largest absolute Gasteiger partial charge is 0.379 e. The lowest BCUT2D eigenvalue weighted by molar-refractivity contribution is -0.118. The van der Waals surface area contributed by atoms with Gasteiger partial charge in [-0.1, -0.05) is 19.9 Å². The number of rotatable bonds is 9. The smallest absolute Gasteiger partial charge is 0.226 e.